The zero-order chi connectivity index (χ0) is 23.5. The Morgan fingerprint density at radius 3 is 2.66 bits per heavy atom. The van der Waals surface area contributed by atoms with Gasteiger partial charge >= 0.3 is 0 Å². The molecule has 0 radical (unpaired) electrons. The summed E-state index contributed by atoms with van der Waals surface area (Å²) in [7, 11) is -1.75. The van der Waals surface area contributed by atoms with E-state index in [0.29, 0.717) is 41.2 Å². The number of amides is 1. The minimum atomic E-state index is -3.30. The smallest absolute Gasteiger partial charge is 0.250 e. The van der Waals surface area contributed by atoms with Gasteiger partial charge in [0.15, 0.2) is 21.3 Å². The first-order valence-electron chi connectivity index (χ1n) is 10.4. The summed E-state index contributed by atoms with van der Waals surface area (Å²) >= 11 is 6.40. The van der Waals surface area contributed by atoms with Crippen LogP contribution in [0.2, 0.25) is 5.02 Å². The fourth-order valence-electron chi connectivity index (χ4n) is 3.52. The summed E-state index contributed by atoms with van der Waals surface area (Å²) in [6.07, 6.45) is 5.85. The van der Waals surface area contributed by atoms with E-state index in [1.54, 1.807) is 48.4 Å². The number of ether oxygens (including phenoxy) is 2. The minimum Gasteiger partial charge on any atom is -0.493 e. The van der Waals surface area contributed by atoms with Crippen LogP contribution in [0.1, 0.15) is 31.4 Å². The highest BCUT2D eigenvalue weighted by molar-refractivity contribution is 7.90. The predicted octanol–water partition coefficient (Wildman–Crippen LogP) is 4.78. The van der Waals surface area contributed by atoms with E-state index in [4.69, 9.17) is 21.1 Å². The Hall–Kier alpha value is -2.51. The molecule has 1 aliphatic rings. The van der Waals surface area contributed by atoms with Crippen molar-refractivity contribution in [3.8, 4) is 11.5 Å². The van der Waals surface area contributed by atoms with Gasteiger partial charge in [-0.2, -0.15) is 0 Å². The predicted molar refractivity (Wildman–Crippen MR) is 128 cm³/mol. The van der Waals surface area contributed by atoms with Crippen molar-refractivity contribution in [2.45, 2.75) is 31.6 Å². The molecule has 2 aromatic carbocycles. The maximum atomic E-state index is 12.9. The molecule has 1 heterocycles. The Labute approximate surface area is 194 Å². The van der Waals surface area contributed by atoms with Gasteiger partial charge in [-0.3, -0.25) is 4.79 Å². The summed E-state index contributed by atoms with van der Waals surface area (Å²) in [5.74, 6) is 1.14. The molecular weight excluding hydrogens is 450 g/mol. The highest BCUT2D eigenvalue weighted by Crippen LogP contribution is 2.37. The highest BCUT2D eigenvalue weighted by atomic mass is 35.5. The number of benzene rings is 2. The van der Waals surface area contributed by atoms with Crippen LogP contribution in [0.4, 0.5) is 5.69 Å². The van der Waals surface area contributed by atoms with Crippen LogP contribution in [0.3, 0.4) is 0 Å². The second-order valence-corrected chi connectivity index (χ2v) is 10.7. The Balaban J connectivity index is 1.82. The van der Waals surface area contributed by atoms with Crippen LogP contribution in [-0.2, 0) is 21.1 Å². The molecule has 3 rings (SSSR count). The Morgan fingerprint density at radius 1 is 1.25 bits per heavy atom. The van der Waals surface area contributed by atoms with Gasteiger partial charge in [0, 0.05) is 24.6 Å². The van der Waals surface area contributed by atoms with E-state index in [0.717, 1.165) is 24.1 Å². The first kappa shape index (κ1) is 24.1. The third kappa shape index (κ3) is 5.64. The number of carbonyl (C=O) groups excluding carboxylic acids is 1. The number of methoxy groups -OCH3 is 1. The van der Waals surface area contributed by atoms with Gasteiger partial charge in [0.2, 0.25) is 0 Å². The Morgan fingerprint density at radius 2 is 2.00 bits per heavy atom. The number of anilines is 1. The summed E-state index contributed by atoms with van der Waals surface area (Å²) in [6.45, 7) is 5.17. The number of rotatable bonds is 7. The maximum absolute atomic E-state index is 12.9. The number of sulfone groups is 1. The monoisotopic (exact) mass is 477 g/mol. The van der Waals surface area contributed by atoms with Crippen molar-refractivity contribution in [1.82, 2.24) is 0 Å². The van der Waals surface area contributed by atoms with E-state index >= 15 is 0 Å². The highest BCUT2D eigenvalue weighted by Gasteiger charge is 2.22. The van der Waals surface area contributed by atoms with E-state index < -0.39 is 9.84 Å². The van der Waals surface area contributed by atoms with Crippen molar-refractivity contribution < 1.29 is 22.7 Å². The van der Waals surface area contributed by atoms with Gasteiger partial charge in [-0.15, -0.1) is 0 Å². The van der Waals surface area contributed by atoms with Crippen molar-refractivity contribution in [3.05, 3.63) is 52.6 Å². The molecule has 2 aromatic rings. The van der Waals surface area contributed by atoms with Crippen LogP contribution in [0, 0.1) is 5.92 Å². The van der Waals surface area contributed by atoms with Crippen LogP contribution >= 0.6 is 11.6 Å². The van der Waals surface area contributed by atoms with E-state index in [2.05, 4.69) is 0 Å². The second kappa shape index (κ2) is 9.96. The van der Waals surface area contributed by atoms with Crippen LogP contribution in [0.25, 0.3) is 6.08 Å². The molecule has 0 unspecified atom stereocenters. The largest absolute Gasteiger partial charge is 0.493 e. The number of aryl methyl sites for hydroxylation is 1. The van der Waals surface area contributed by atoms with Gasteiger partial charge in [0.25, 0.3) is 5.91 Å². The lowest BCUT2D eigenvalue weighted by Crippen LogP contribution is -2.34. The number of halogens is 1. The van der Waals surface area contributed by atoms with Crippen LogP contribution in [0.15, 0.2) is 41.3 Å². The summed E-state index contributed by atoms with van der Waals surface area (Å²) in [4.78, 5) is 14.9. The van der Waals surface area contributed by atoms with E-state index in [9.17, 15) is 13.2 Å². The number of carbonyl (C=O) groups is 1. The molecule has 6 nitrogen and oxygen atoms in total. The zero-order valence-electron chi connectivity index (χ0n) is 18.7. The molecule has 0 N–H and O–H groups in total. The lowest BCUT2D eigenvalue weighted by Gasteiger charge is -2.29. The lowest BCUT2D eigenvalue weighted by atomic mass is 10.0. The number of fused-ring (bicyclic) bond motifs is 1. The van der Waals surface area contributed by atoms with E-state index in [1.807, 2.05) is 13.8 Å². The molecule has 8 heteroatoms. The van der Waals surface area contributed by atoms with Crippen molar-refractivity contribution in [2.24, 2.45) is 5.92 Å². The standard InChI is InChI=1S/C24H28ClNO5S/c1-16(2)15-31-24-20(25)12-17(13-22(24)30-3)7-10-23(27)26-11-5-6-18-14-19(32(4,28)29)8-9-21(18)26/h7-10,12-14,16H,5-6,11,15H2,1-4H3/b10-7+. The lowest BCUT2D eigenvalue weighted by molar-refractivity contribution is -0.114. The van der Waals surface area contributed by atoms with Gasteiger partial charge < -0.3 is 14.4 Å². The first-order chi connectivity index (χ1) is 15.1. The molecule has 0 aromatic heterocycles. The van der Waals surface area contributed by atoms with Crippen LogP contribution < -0.4 is 14.4 Å². The molecule has 0 saturated heterocycles. The quantitative estimate of drug-likeness (QED) is 0.536. The number of nitrogens with zero attached hydrogens (tertiary/aromatic N) is 1. The normalized spacial score (nSPS) is 14.0. The molecular formula is C24H28ClNO5S. The summed E-state index contributed by atoms with van der Waals surface area (Å²) in [6, 6.07) is 8.41. The maximum Gasteiger partial charge on any atom is 0.250 e. The van der Waals surface area contributed by atoms with Crippen molar-refractivity contribution in [2.75, 3.05) is 31.4 Å². The molecule has 0 spiro atoms. The molecule has 172 valence electrons. The molecule has 0 bridgehead atoms. The topological polar surface area (TPSA) is 72.9 Å². The number of hydrogen-bond donors (Lipinski definition) is 0. The van der Waals surface area contributed by atoms with Gasteiger partial charge in [-0.25, -0.2) is 8.42 Å². The zero-order valence-corrected chi connectivity index (χ0v) is 20.3. The van der Waals surface area contributed by atoms with E-state index in [1.165, 1.54) is 12.3 Å². The van der Waals surface area contributed by atoms with Gasteiger partial charge in [0.1, 0.15) is 0 Å². The molecule has 1 aliphatic heterocycles. The third-order valence-electron chi connectivity index (χ3n) is 5.09. The molecule has 0 aliphatic carbocycles. The van der Waals surface area contributed by atoms with E-state index in [-0.39, 0.29) is 10.8 Å². The summed E-state index contributed by atoms with van der Waals surface area (Å²) in [5, 5.41) is 0.411. The number of hydrogen-bond acceptors (Lipinski definition) is 5. The van der Waals surface area contributed by atoms with Crippen molar-refractivity contribution in [3.63, 3.8) is 0 Å². The molecule has 1 amide bonds. The second-order valence-electron chi connectivity index (χ2n) is 8.23. The SMILES string of the molecule is COc1cc(/C=C/C(=O)N2CCCc3cc(S(C)(=O)=O)ccc32)cc(Cl)c1OCC(C)C. The molecule has 0 fully saturated rings. The van der Waals surface area contributed by atoms with Crippen molar-refractivity contribution in [1.29, 1.82) is 0 Å². The average molecular weight is 478 g/mol. The Kier molecular flexibility index (Phi) is 7.51. The minimum absolute atomic E-state index is 0.187. The van der Waals surface area contributed by atoms with Gasteiger partial charge in [-0.1, -0.05) is 25.4 Å². The average Bonchev–Trinajstić information content (AvgIpc) is 2.74. The fourth-order valence-corrected chi connectivity index (χ4v) is 4.46. The van der Waals surface area contributed by atoms with Gasteiger partial charge in [-0.05, 0) is 66.3 Å². The first-order valence-corrected chi connectivity index (χ1v) is 12.7. The molecule has 0 atom stereocenters. The van der Waals surface area contributed by atoms with Gasteiger partial charge in [0.05, 0.1) is 23.6 Å². The van der Waals surface area contributed by atoms with Crippen LogP contribution in [-0.4, -0.2) is 40.8 Å². The third-order valence-corrected chi connectivity index (χ3v) is 6.49. The molecule has 0 saturated carbocycles. The van der Waals surface area contributed by atoms with Crippen LogP contribution in [0.5, 0.6) is 11.5 Å². The summed E-state index contributed by atoms with van der Waals surface area (Å²) in [5.41, 5.74) is 2.31. The molecule has 32 heavy (non-hydrogen) atoms. The fraction of sp³-hybridized carbons (Fsp3) is 0.375. The summed E-state index contributed by atoms with van der Waals surface area (Å²) < 4.78 is 34.9. The van der Waals surface area contributed by atoms with Crippen molar-refractivity contribution >= 4 is 39.1 Å². The Bertz CT molecular complexity index is 1140.